The second kappa shape index (κ2) is 8.76. The highest BCUT2D eigenvalue weighted by molar-refractivity contribution is 8.01. The molecule has 4 rings (SSSR count). The van der Waals surface area contributed by atoms with Crippen molar-refractivity contribution in [3.05, 3.63) is 65.0 Å². The van der Waals surface area contributed by atoms with Gasteiger partial charge in [-0.3, -0.25) is 9.36 Å². The van der Waals surface area contributed by atoms with Crippen molar-refractivity contribution in [2.75, 3.05) is 11.1 Å². The number of Topliss-reactive ketones (excluding diaryl/α,β-unsaturated/α-hetero) is 1. The van der Waals surface area contributed by atoms with Gasteiger partial charge in [-0.15, -0.1) is 10.2 Å². The van der Waals surface area contributed by atoms with Crippen LogP contribution in [0.3, 0.4) is 0 Å². The van der Waals surface area contributed by atoms with Gasteiger partial charge in [0.15, 0.2) is 10.1 Å². The van der Waals surface area contributed by atoms with Crippen LogP contribution in [-0.2, 0) is 6.54 Å². The first-order chi connectivity index (χ1) is 14.5. The minimum Gasteiger partial charge on any atom is -0.356 e. The number of rotatable bonds is 8. The van der Waals surface area contributed by atoms with Crippen LogP contribution in [0.15, 0.2) is 41.0 Å². The third kappa shape index (κ3) is 4.41. The van der Waals surface area contributed by atoms with Gasteiger partial charge < -0.3 is 5.32 Å². The van der Waals surface area contributed by atoms with Gasteiger partial charge in [0, 0.05) is 23.5 Å². The maximum absolute atomic E-state index is 13.0. The summed E-state index contributed by atoms with van der Waals surface area (Å²) in [6, 6.07) is 8.13. The standard InChI is InChI=1S/C19H18FN7OS2/c1-11-7-15(12(2)27(11)17-22-10-23-24-17)16(28)9-29-19-26-25-18(30-19)21-8-13-3-5-14(20)6-4-13/h3-7,10H,8-9H2,1-2H3,(H,21,25)(H,22,23,24). The number of H-pyrrole nitrogens is 1. The summed E-state index contributed by atoms with van der Waals surface area (Å²) in [4.78, 5) is 16.9. The van der Waals surface area contributed by atoms with Crippen LogP contribution in [0.5, 0.6) is 0 Å². The number of benzene rings is 1. The largest absolute Gasteiger partial charge is 0.356 e. The van der Waals surface area contributed by atoms with Crippen molar-refractivity contribution in [1.82, 2.24) is 29.9 Å². The molecule has 3 heterocycles. The van der Waals surface area contributed by atoms with E-state index in [2.05, 4.69) is 30.7 Å². The third-order valence-electron chi connectivity index (χ3n) is 4.44. The van der Waals surface area contributed by atoms with Gasteiger partial charge in [-0.25, -0.2) is 9.49 Å². The first-order valence-corrected chi connectivity index (χ1v) is 10.8. The lowest BCUT2D eigenvalue weighted by atomic mass is 10.2. The fourth-order valence-corrected chi connectivity index (χ4v) is 4.63. The Morgan fingerprint density at radius 2 is 2.07 bits per heavy atom. The topological polar surface area (TPSA) is 101 Å². The van der Waals surface area contributed by atoms with Crippen LogP contribution in [0.1, 0.15) is 27.3 Å². The Morgan fingerprint density at radius 1 is 1.27 bits per heavy atom. The van der Waals surface area contributed by atoms with E-state index >= 15 is 0 Å². The molecule has 0 saturated heterocycles. The lowest BCUT2D eigenvalue weighted by Crippen LogP contribution is -2.06. The zero-order valence-electron chi connectivity index (χ0n) is 16.2. The summed E-state index contributed by atoms with van der Waals surface area (Å²) < 4.78 is 15.5. The number of aromatic amines is 1. The van der Waals surface area contributed by atoms with E-state index in [4.69, 9.17) is 0 Å². The van der Waals surface area contributed by atoms with Gasteiger partial charge in [-0.2, -0.15) is 10.1 Å². The Morgan fingerprint density at radius 3 is 2.80 bits per heavy atom. The zero-order valence-corrected chi connectivity index (χ0v) is 17.9. The number of carbonyl (C=O) groups is 1. The number of carbonyl (C=O) groups excluding carboxylic acids is 1. The fraction of sp³-hybridized carbons (Fsp3) is 0.211. The second-order valence-electron chi connectivity index (χ2n) is 6.49. The Labute approximate surface area is 180 Å². The first-order valence-electron chi connectivity index (χ1n) is 9.04. The molecule has 0 saturated carbocycles. The lowest BCUT2D eigenvalue weighted by molar-refractivity contribution is 0.102. The van der Waals surface area contributed by atoms with Gasteiger partial charge in [-0.1, -0.05) is 35.2 Å². The fourth-order valence-electron chi connectivity index (χ4n) is 3.00. The number of aryl methyl sites for hydroxylation is 1. The first kappa shape index (κ1) is 20.2. The van der Waals surface area contributed by atoms with Crippen molar-refractivity contribution in [3.63, 3.8) is 0 Å². The number of thioether (sulfide) groups is 1. The maximum atomic E-state index is 13.0. The smallest absolute Gasteiger partial charge is 0.229 e. The summed E-state index contributed by atoms with van der Waals surface area (Å²) in [5.41, 5.74) is 3.31. The molecule has 0 unspecified atom stereocenters. The van der Waals surface area contributed by atoms with E-state index in [-0.39, 0.29) is 17.4 Å². The van der Waals surface area contributed by atoms with Crippen molar-refractivity contribution in [1.29, 1.82) is 0 Å². The Balaban J connectivity index is 1.36. The molecule has 8 nitrogen and oxygen atoms in total. The summed E-state index contributed by atoms with van der Waals surface area (Å²) >= 11 is 2.73. The van der Waals surface area contributed by atoms with E-state index in [0.717, 1.165) is 17.0 Å². The molecule has 30 heavy (non-hydrogen) atoms. The number of hydrogen-bond donors (Lipinski definition) is 2. The molecule has 2 N–H and O–H groups in total. The molecule has 154 valence electrons. The van der Waals surface area contributed by atoms with Crippen molar-refractivity contribution >= 4 is 34.0 Å². The maximum Gasteiger partial charge on any atom is 0.229 e. The zero-order chi connectivity index (χ0) is 21.1. The van der Waals surface area contributed by atoms with Gasteiger partial charge >= 0.3 is 0 Å². The predicted molar refractivity (Wildman–Crippen MR) is 114 cm³/mol. The molecule has 0 aliphatic heterocycles. The molecule has 0 aliphatic rings. The predicted octanol–water partition coefficient (Wildman–Crippen LogP) is 3.79. The number of aromatic nitrogens is 6. The number of nitrogens with zero attached hydrogens (tertiary/aromatic N) is 5. The number of ketones is 1. The summed E-state index contributed by atoms with van der Waals surface area (Å²) in [5, 5.41) is 18.7. The summed E-state index contributed by atoms with van der Waals surface area (Å²) in [6.07, 6.45) is 1.43. The minimum atomic E-state index is -0.264. The van der Waals surface area contributed by atoms with Gasteiger partial charge in [0.1, 0.15) is 12.1 Å². The van der Waals surface area contributed by atoms with Crippen LogP contribution in [-0.4, -0.2) is 41.5 Å². The van der Waals surface area contributed by atoms with Crippen LogP contribution < -0.4 is 5.32 Å². The second-order valence-corrected chi connectivity index (χ2v) is 8.69. The molecule has 0 spiro atoms. The SMILES string of the molecule is Cc1cc(C(=O)CSc2nnc(NCc3ccc(F)cc3)s2)c(C)n1-c1ncn[nH]1. The Bertz CT molecular complexity index is 1150. The molecular weight excluding hydrogens is 425 g/mol. The van der Waals surface area contributed by atoms with Crippen LogP contribution in [0.25, 0.3) is 5.95 Å². The third-order valence-corrected chi connectivity index (χ3v) is 6.45. The monoisotopic (exact) mass is 443 g/mol. The van der Waals surface area contributed by atoms with Gasteiger partial charge in [0.05, 0.1) is 5.75 Å². The van der Waals surface area contributed by atoms with Crippen LogP contribution in [0.2, 0.25) is 0 Å². The van der Waals surface area contributed by atoms with E-state index in [1.165, 1.54) is 41.6 Å². The molecule has 0 aliphatic carbocycles. The number of halogens is 1. The average Bonchev–Trinajstić information content (AvgIpc) is 3.47. The van der Waals surface area contributed by atoms with Gasteiger partial charge in [-0.05, 0) is 37.6 Å². The molecule has 0 radical (unpaired) electrons. The molecule has 0 amide bonds. The van der Waals surface area contributed by atoms with E-state index < -0.39 is 0 Å². The molecule has 11 heteroatoms. The quantitative estimate of drug-likeness (QED) is 0.316. The molecule has 3 aromatic heterocycles. The number of anilines is 1. The van der Waals surface area contributed by atoms with Crippen LogP contribution in [0.4, 0.5) is 9.52 Å². The summed E-state index contributed by atoms with van der Waals surface area (Å²) in [5.74, 6) is 0.583. The minimum absolute atomic E-state index is 0.00915. The normalized spacial score (nSPS) is 11.0. The van der Waals surface area contributed by atoms with E-state index in [1.54, 1.807) is 12.1 Å². The molecule has 0 fully saturated rings. The van der Waals surface area contributed by atoms with Crippen molar-refractivity contribution in [2.45, 2.75) is 24.7 Å². The van der Waals surface area contributed by atoms with Crippen LogP contribution in [0, 0.1) is 19.7 Å². The molecule has 0 bridgehead atoms. The highest BCUT2D eigenvalue weighted by atomic mass is 32.2. The summed E-state index contributed by atoms with van der Waals surface area (Å²) in [7, 11) is 0. The van der Waals surface area contributed by atoms with Crippen molar-refractivity contribution in [2.24, 2.45) is 0 Å². The van der Waals surface area contributed by atoms with E-state index in [1.807, 2.05) is 24.5 Å². The average molecular weight is 444 g/mol. The molecular formula is C19H18FN7OS2. The van der Waals surface area contributed by atoms with Gasteiger partial charge in [0.2, 0.25) is 11.1 Å². The highest BCUT2D eigenvalue weighted by Gasteiger charge is 2.18. The molecule has 0 atom stereocenters. The van der Waals surface area contributed by atoms with Crippen molar-refractivity contribution < 1.29 is 9.18 Å². The van der Waals surface area contributed by atoms with E-state index in [9.17, 15) is 9.18 Å². The van der Waals surface area contributed by atoms with Gasteiger partial charge in [0.25, 0.3) is 0 Å². The molecule has 1 aromatic carbocycles. The lowest BCUT2D eigenvalue weighted by Gasteiger charge is -2.04. The Hall–Kier alpha value is -3.05. The highest BCUT2D eigenvalue weighted by Crippen LogP contribution is 2.27. The van der Waals surface area contributed by atoms with E-state index in [0.29, 0.717) is 27.5 Å². The Kier molecular flexibility index (Phi) is 5.91. The summed E-state index contributed by atoms with van der Waals surface area (Å²) in [6.45, 7) is 4.32. The van der Waals surface area contributed by atoms with Crippen LogP contribution >= 0.6 is 23.1 Å². The number of nitrogens with one attached hydrogen (secondary N) is 2. The van der Waals surface area contributed by atoms with Crippen molar-refractivity contribution in [3.8, 4) is 5.95 Å². The number of hydrogen-bond acceptors (Lipinski definition) is 8. The molecule has 4 aromatic rings.